The van der Waals surface area contributed by atoms with Crippen LogP contribution >= 0.6 is 0 Å². The van der Waals surface area contributed by atoms with Crippen molar-refractivity contribution in [3.8, 4) is 0 Å². The molecule has 0 amide bonds. The van der Waals surface area contributed by atoms with E-state index >= 15 is 0 Å². The van der Waals surface area contributed by atoms with Crippen LogP contribution in [0.2, 0.25) is 0 Å². The van der Waals surface area contributed by atoms with Crippen molar-refractivity contribution in [2.75, 3.05) is 19.6 Å². The van der Waals surface area contributed by atoms with Gasteiger partial charge in [0.2, 0.25) is 22.8 Å². The van der Waals surface area contributed by atoms with Crippen LogP contribution in [0.4, 0.5) is 45.5 Å². The van der Waals surface area contributed by atoms with E-state index in [1.165, 1.54) is 126 Å². The molecule has 0 N–H and O–H groups in total. The molecule has 76 heavy (non-hydrogen) atoms. The predicted molar refractivity (Wildman–Crippen MR) is 340 cm³/mol. The summed E-state index contributed by atoms with van der Waals surface area (Å²) in [5.41, 5.74) is 12.1. The van der Waals surface area contributed by atoms with Gasteiger partial charge in [-0.1, -0.05) is 93.9 Å². The van der Waals surface area contributed by atoms with E-state index in [-0.39, 0.29) is 0 Å². The minimum atomic E-state index is 0.471. The summed E-state index contributed by atoms with van der Waals surface area (Å²) in [4.78, 5) is 10.5. The zero-order valence-electron chi connectivity index (χ0n) is 51.2. The van der Waals surface area contributed by atoms with Crippen LogP contribution in [0.15, 0.2) is 121 Å². The molecule has 1 aliphatic rings. The number of hydrogen-bond acceptors (Lipinski definition) is 4. The van der Waals surface area contributed by atoms with Crippen LogP contribution in [0.3, 0.4) is 0 Å². The van der Waals surface area contributed by atoms with Gasteiger partial charge in [0, 0.05) is 132 Å². The summed E-state index contributed by atoms with van der Waals surface area (Å²) in [6.45, 7) is 37.7. The molecule has 1 aliphatic carbocycles. The third-order valence-electron chi connectivity index (χ3n) is 16.4. The first-order valence-electron chi connectivity index (χ1n) is 31.0. The first-order chi connectivity index (χ1) is 36.7. The quantitative estimate of drug-likeness (QED) is 0.0358. The van der Waals surface area contributed by atoms with Crippen LogP contribution in [0.25, 0.3) is 0 Å². The highest BCUT2D eigenvalue weighted by molar-refractivity contribution is 6.18. The zero-order valence-corrected chi connectivity index (χ0v) is 51.2. The smallest absolute Gasteiger partial charge is 0.212 e. The molecule has 8 atom stereocenters. The number of hydrogen-bond donors (Lipinski definition) is 0. The summed E-state index contributed by atoms with van der Waals surface area (Å²) in [6, 6.07) is 41.5. The topological polar surface area (TPSA) is 19.0 Å². The highest BCUT2D eigenvalue weighted by Crippen LogP contribution is 2.39. The number of benzene rings is 4. The Bertz CT molecular complexity index is 2270. The average molecular weight is 1030 g/mol. The van der Waals surface area contributed by atoms with E-state index in [1.54, 1.807) is 0 Å². The van der Waals surface area contributed by atoms with E-state index in [2.05, 4.69) is 261 Å². The standard InChI is InChI=1S/C70H108N6/c1-17-25-53(9)71(54(10)26-18-2)61-33-41-65(42-34-61)75(66-43-35-62(36-44-66)72(55(11)27-19-3)56(12)28-20-4)69-49-51-70(52-50-69)76(67-45-37-63(38-46-67)73(57(13)29-21-5)58(14)30-22-6)68-47-39-64(40-48-68)74(59(15)31-23-7)60(16)32-24-8/h33-60H,17-32H2,1-16H3/q+2. The summed E-state index contributed by atoms with van der Waals surface area (Å²) < 4.78 is 5.13. The molecule has 4 aromatic carbocycles. The Morgan fingerprint density at radius 1 is 0.289 bits per heavy atom. The summed E-state index contributed by atoms with van der Waals surface area (Å²) in [5, 5.41) is 0. The van der Waals surface area contributed by atoms with Crippen LogP contribution in [-0.4, -0.2) is 64.3 Å². The van der Waals surface area contributed by atoms with Gasteiger partial charge in [0.05, 0.1) is 0 Å². The fourth-order valence-corrected chi connectivity index (χ4v) is 13.0. The van der Waals surface area contributed by atoms with E-state index in [4.69, 9.17) is 0 Å². The molecule has 0 aromatic heterocycles. The van der Waals surface area contributed by atoms with Crippen molar-refractivity contribution in [2.45, 2.75) is 262 Å². The van der Waals surface area contributed by atoms with E-state index in [9.17, 15) is 0 Å². The second-order valence-corrected chi connectivity index (χ2v) is 23.0. The highest BCUT2D eigenvalue weighted by Gasteiger charge is 2.29. The van der Waals surface area contributed by atoms with Gasteiger partial charge in [-0.3, -0.25) is 0 Å². The van der Waals surface area contributed by atoms with Crippen molar-refractivity contribution < 1.29 is 4.58 Å². The highest BCUT2D eigenvalue weighted by atomic mass is 15.2. The van der Waals surface area contributed by atoms with Gasteiger partial charge in [-0.15, -0.1) is 0 Å². The molecule has 0 radical (unpaired) electrons. The van der Waals surface area contributed by atoms with Gasteiger partial charge in [-0.05, 0) is 180 Å². The summed E-state index contributed by atoms with van der Waals surface area (Å²) in [7, 11) is 0. The maximum absolute atomic E-state index is 2.67. The predicted octanol–water partition coefficient (Wildman–Crippen LogP) is 19.9. The fourth-order valence-electron chi connectivity index (χ4n) is 13.0. The lowest BCUT2D eigenvalue weighted by atomic mass is 10.0. The normalized spacial score (nSPS) is 15.6. The molecule has 0 saturated carbocycles. The van der Waals surface area contributed by atoms with Crippen molar-refractivity contribution >= 4 is 56.9 Å². The maximum Gasteiger partial charge on any atom is 0.212 e. The molecule has 0 aliphatic heterocycles. The van der Waals surface area contributed by atoms with E-state index < -0.39 is 0 Å². The summed E-state index contributed by atoms with van der Waals surface area (Å²) in [6.07, 6.45) is 28.3. The van der Waals surface area contributed by atoms with Gasteiger partial charge in [-0.2, -0.15) is 4.58 Å². The Morgan fingerprint density at radius 2 is 0.513 bits per heavy atom. The third kappa shape index (κ3) is 16.0. The van der Waals surface area contributed by atoms with E-state index in [0.717, 1.165) is 34.1 Å². The van der Waals surface area contributed by atoms with Crippen LogP contribution in [0.1, 0.15) is 214 Å². The summed E-state index contributed by atoms with van der Waals surface area (Å²) in [5.74, 6) is 0. The molecule has 0 bridgehead atoms. The maximum atomic E-state index is 2.67. The number of anilines is 6. The van der Waals surface area contributed by atoms with Gasteiger partial charge in [0.25, 0.3) is 0 Å². The molecular formula is C70H108N6+2. The monoisotopic (exact) mass is 1030 g/mol. The minimum absolute atomic E-state index is 0.471. The summed E-state index contributed by atoms with van der Waals surface area (Å²) >= 11 is 0. The molecule has 0 saturated heterocycles. The van der Waals surface area contributed by atoms with Crippen molar-refractivity contribution in [3.05, 3.63) is 121 Å². The van der Waals surface area contributed by atoms with Crippen molar-refractivity contribution in [2.24, 2.45) is 0 Å². The lowest BCUT2D eigenvalue weighted by Gasteiger charge is -2.38. The molecule has 416 valence electrons. The van der Waals surface area contributed by atoms with Gasteiger partial charge in [0.1, 0.15) is 0 Å². The molecular weight excluding hydrogens is 925 g/mol. The molecule has 6 heteroatoms. The number of nitrogens with zero attached hydrogens (tertiary/aromatic N) is 6. The number of allylic oxidation sites excluding steroid dienone is 4. The van der Waals surface area contributed by atoms with Crippen molar-refractivity contribution in [1.82, 2.24) is 4.58 Å². The van der Waals surface area contributed by atoms with Crippen molar-refractivity contribution in [1.29, 1.82) is 0 Å². The molecule has 0 fully saturated rings. The second-order valence-electron chi connectivity index (χ2n) is 23.0. The van der Waals surface area contributed by atoms with E-state index in [0.29, 0.717) is 48.3 Å². The molecule has 0 heterocycles. The van der Waals surface area contributed by atoms with Gasteiger partial charge < -0.3 is 19.6 Å². The molecule has 0 spiro atoms. The Morgan fingerprint density at radius 3 is 0.776 bits per heavy atom. The molecule has 8 unspecified atom stereocenters. The molecule has 4 aromatic rings. The lowest BCUT2D eigenvalue weighted by Crippen LogP contribution is -2.40. The first kappa shape index (κ1) is 61.7. The largest absolute Gasteiger partial charge is 0.366 e. The number of rotatable bonds is 32. The molecule has 5 rings (SSSR count). The van der Waals surface area contributed by atoms with Gasteiger partial charge in [-0.25, -0.2) is 4.58 Å². The van der Waals surface area contributed by atoms with Crippen LogP contribution < -0.4 is 24.2 Å². The van der Waals surface area contributed by atoms with E-state index in [1.807, 2.05) is 0 Å². The SMILES string of the molecule is CCCC(C)N(c1ccc(N(c2ccc(N(C(C)CCC)C(C)CCC)cc2)c2ccc([N+](=C3C=CC(=[N+](C(C)CCC)C(C)CCC)C=C3)c3ccc(N(C(C)CCC)C(C)CCC)cc3)cc2)cc1)C(C)CCC. The fraction of sp³-hybridized carbons (Fsp3) is 0.571. The molecule has 6 nitrogen and oxygen atoms in total. The second kappa shape index (κ2) is 31.3. The Hall–Kier alpha value is -5.10. The van der Waals surface area contributed by atoms with Gasteiger partial charge in [0.15, 0.2) is 12.1 Å². The average Bonchev–Trinajstić information content (AvgIpc) is 3.40. The van der Waals surface area contributed by atoms with Crippen LogP contribution in [-0.2, 0) is 0 Å². The zero-order chi connectivity index (χ0) is 55.3. The third-order valence-corrected chi connectivity index (χ3v) is 16.4. The minimum Gasteiger partial charge on any atom is -0.366 e. The Labute approximate surface area is 466 Å². The lowest BCUT2D eigenvalue weighted by molar-refractivity contribution is -0.595. The Kier molecular flexibility index (Phi) is 25.5. The van der Waals surface area contributed by atoms with Gasteiger partial charge >= 0.3 is 0 Å². The van der Waals surface area contributed by atoms with Crippen LogP contribution in [0, 0.1) is 0 Å². The first-order valence-corrected chi connectivity index (χ1v) is 31.0. The van der Waals surface area contributed by atoms with Crippen LogP contribution in [0.5, 0.6) is 0 Å². The Balaban J connectivity index is 1.70. The van der Waals surface area contributed by atoms with Crippen molar-refractivity contribution in [3.63, 3.8) is 0 Å².